The van der Waals surface area contributed by atoms with Crippen LogP contribution >= 0.6 is 0 Å². The number of nitrogens with one attached hydrogen (secondary N) is 1. The topological polar surface area (TPSA) is 38.0 Å². The lowest BCUT2D eigenvalue weighted by atomic mass is 10.1. The van der Waals surface area contributed by atoms with Crippen LogP contribution < -0.4 is 11.1 Å². The van der Waals surface area contributed by atoms with Gasteiger partial charge in [-0.25, -0.2) is 8.78 Å². The first-order valence-electron chi connectivity index (χ1n) is 5.14. The number of hydrogen-bond donors (Lipinski definition) is 2. The molecule has 0 aromatic heterocycles. The summed E-state index contributed by atoms with van der Waals surface area (Å²) in [5.41, 5.74) is 6.18. The molecule has 2 atom stereocenters. The number of nitrogens with two attached hydrogens (primary N) is 1. The fourth-order valence-corrected chi connectivity index (χ4v) is 1.97. The van der Waals surface area contributed by atoms with E-state index in [-0.39, 0.29) is 12.1 Å². The van der Waals surface area contributed by atoms with Crippen LogP contribution in [0.1, 0.15) is 19.3 Å². The van der Waals surface area contributed by atoms with Crippen molar-refractivity contribution in [2.45, 2.75) is 31.3 Å². The van der Waals surface area contributed by atoms with Crippen molar-refractivity contribution in [3.63, 3.8) is 0 Å². The molecular formula is C11H14F2N2. The van der Waals surface area contributed by atoms with Crippen LogP contribution in [0.4, 0.5) is 14.5 Å². The number of benzene rings is 1. The smallest absolute Gasteiger partial charge is 0.149 e. The summed E-state index contributed by atoms with van der Waals surface area (Å²) in [6, 6.07) is 3.70. The Kier molecular flexibility index (Phi) is 2.86. The van der Waals surface area contributed by atoms with Crippen LogP contribution in [0.5, 0.6) is 0 Å². The molecule has 1 fully saturated rings. The molecule has 2 rings (SSSR count). The van der Waals surface area contributed by atoms with E-state index >= 15 is 0 Å². The van der Waals surface area contributed by atoms with E-state index in [1.807, 2.05) is 0 Å². The van der Waals surface area contributed by atoms with Crippen LogP contribution in [-0.2, 0) is 0 Å². The number of anilines is 1. The van der Waals surface area contributed by atoms with Crippen molar-refractivity contribution in [1.29, 1.82) is 0 Å². The average molecular weight is 212 g/mol. The molecule has 1 aromatic carbocycles. The lowest BCUT2D eigenvalue weighted by Gasteiger charge is -2.18. The minimum Gasteiger partial charge on any atom is -0.378 e. The summed E-state index contributed by atoms with van der Waals surface area (Å²) in [5, 5.41) is 3.02. The van der Waals surface area contributed by atoms with Crippen molar-refractivity contribution in [2.24, 2.45) is 5.73 Å². The first-order chi connectivity index (χ1) is 7.16. The van der Waals surface area contributed by atoms with E-state index in [2.05, 4.69) is 5.32 Å². The molecule has 0 spiro atoms. The molecule has 0 heterocycles. The summed E-state index contributed by atoms with van der Waals surface area (Å²) >= 11 is 0. The third-order valence-electron chi connectivity index (χ3n) is 2.84. The Morgan fingerprint density at radius 3 is 2.67 bits per heavy atom. The number of hydrogen-bond acceptors (Lipinski definition) is 2. The van der Waals surface area contributed by atoms with Crippen molar-refractivity contribution in [2.75, 3.05) is 5.32 Å². The summed E-state index contributed by atoms with van der Waals surface area (Å²) < 4.78 is 25.9. The molecule has 0 bridgehead atoms. The molecule has 1 aliphatic rings. The average Bonchev–Trinajstić information content (AvgIpc) is 2.57. The van der Waals surface area contributed by atoms with Crippen molar-refractivity contribution in [3.8, 4) is 0 Å². The Bertz CT molecular complexity index is 354. The molecule has 1 aromatic rings. The van der Waals surface area contributed by atoms with E-state index in [0.717, 1.165) is 25.3 Å². The maximum Gasteiger partial charge on any atom is 0.149 e. The molecule has 3 N–H and O–H groups in total. The summed E-state index contributed by atoms with van der Waals surface area (Å²) in [5.74, 6) is -1.12. The standard InChI is InChI=1S/C11H14F2N2/c12-7-4-5-10(8(13)6-7)15-11-3-1-2-9(11)14/h4-6,9,11,15H,1-3,14H2/t9-,11-/m1/s1. The Hall–Kier alpha value is -1.16. The molecule has 0 radical (unpaired) electrons. The Balaban J connectivity index is 2.10. The molecule has 82 valence electrons. The lowest BCUT2D eigenvalue weighted by molar-refractivity contribution is 0.578. The first-order valence-corrected chi connectivity index (χ1v) is 5.14. The normalized spacial score (nSPS) is 25.5. The maximum atomic E-state index is 13.3. The second-order valence-electron chi connectivity index (χ2n) is 3.97. The van der Waals surface area contributed by atoms with Crippen molar-refractivity contribution >= 4 is 5.69 Å². The largest absolute Gasteiger partial charge is 0.378 e. The number of halogens is 2. The van der Waals surface area contributed by atoms with E-state index in [0.29, 0.717) is 5.69 Å². The molecule has 4 heteroatoms. The van der Waals surface area contributed by atoms with Crippen molar-refractivity contribution in [1.82, 2.24) is 0 Å². The third kappa shape index (κ3) is 2.26. The van der Waals surface area contributed by atoms with Gasteiger partial charge in [0, 0.05) is 18.2 Å². The third-order valence-corrected chi connectivity index (χ3v) is 2.84. The quantitative estimate of drug-likeness (QED) is 0.789. The molecule has 1 aliphatic carbocycles. The van der Waals surface area contributed by atoms with Crippen LogP contribution in [0.3, 0.4) is 0 Å². The van der Waals surface area contributed by atoms with E-state index in [1.165, 1.54) is 12.1 Å². The molecular weight excluding hydrogens is 198 g/mol. The lowest BCUT2D eigenvalue weighted by Crippen LogP contribution is -2.35. The van der Waals surface area contributed by atoms with Crippen molar-refractivity contribution < 1.29 is 8.78 Å². The number of rotatable bonds is 2. The summed E-state index contributed by atoms with van der Waals surface area (Å²) in [4.78, 5) is 0. The van der Waals surface area contributed by atoms with E-state index in [9.17, 15) is 8.78 Å². The highest BCUT2D eigenvalue weighted by molar-refractivity contribution is 5.46. The van der Waals surface area contributed by atoms with Gasteiger partial charge >= 0.3 is 0 Å². The van der Waals surface area contributed by atoms with Gasteiger partial charge in [0.2, 0.25) is 0 Å². The van der Waals surface area contributed by atoms with E-state index in [1.54, 1.807) is 0 Å². The fraction of sp³-hybridized carbons (Fsp3) is 0.455. The van der Waals surface area contributed by atoms with E-state index < -0.39 is 11.6 Å². The zero-order chi connectivity index (χ0) is 10.8. The van der Waals surface area contributed by atoms with Crippen LogP contribution in [0.25, 0.3) is 0 Å². The first kappa shape index (κ1) is 10.4. The Morgan fingerprint density at radius 1 is 1.27 bits per heavy atom. The van der Waals surface area contributed by atoms with Gasteiger partial charge in [-0.15, -0.1) is 0 Å². The van der Waals surface area contributed by atoms with Gasteiger partial charge in [0.05, 0.1) is 5.69 Å². The van der Waals surface area contributed by atoms with Crippen LogP contribution in [0, 0.1) is 11.6 Å². The van der Waals surface area contributed by atoms with Crippen LogP contribution in [-0.4, -0.2) is 12.1 Å². The van der Waals surface area contributed by atoms with Crippen molar-refractivity contribution in [3.05, 3.63) is 29.8 Å². The van der Waals surface area contributed by atoms with Gasteiger partial charge < -0.3 is 11.1 Å². The maximum absolute atomic E-state index is 13.3. The second kappa shape index (κ2) is 4.14. The van der Waals surface area contributed by atoms with Gasteiger partial charge in [0.25, 0.3) is 0 Å². The van der Waals surface area contributed by atoms with Gasteiger partial charge in [-0.2, -0.15) is 0 Å². The monoisotopic (exact) mass is 212 g/mol. The van der Waals surface area contributed by atoms with Gasteiger partial charge in [-0.05, 0) is 31.4 Å². The predicted molar refractivity (Wildman–Crippen MR) is 55.6 cm³/mol. The minimum absolute atomic E-state index is 0.0643. The van der Waals surface area contributed by atoms with E-state index in [4.69, 9.17) is 5.73 Å². The highest BCUT2D eigenvalue weighted by Crippen LogP contribution is 2.23. The summed E-state index contributed by atoms with van der Waals surface area (Å²) in [6.45, 7) is 0. The molecule has 0 saturated heterocycles. The SMILES string of the molecule is N[C@@H]1CCC[C@H]1Nc1ccc(F)cc1F. The minimum atomic E-state index is -0.561. The molecule has 0 amide bonds. The van der Waals surface area contributed by atoms with Crippen LogP contribution in [0.2, 0.25) is 0 Å². The summed E-state index contributed by atoms with van der Waals surface area (Å²) in [7, 11) is 0. The Morgan fingerprint density at radius 2 is 2.07 bits per heavy atom. The predicted octanol–water partition coefficient (Wildman–Crippen LogP) is 2.26. The fourth-order valence-electron chi connectivity index (χ4n) is 1.97. The summed E-state index contributed by atoms with van der Waals surface area (Å²) in [6.07, 6.45) is 2.96. The molecule has 0 aliphatic heterocycles. The zero-order valence-electron chi connectivity index (χ0n) is 8.34. The molecule has 0 unspecified atom stereocenters. The molecule has 2 nitrogen and oxygen atoms in total. The second-order valence-corrected chi connectivity index (χ2v) is 3.97. The molecule has 1 saturated carbocycles. The molecule has 15 heavy (non-hydrogen) atoms. The van der Waals surface area contributed by atoms with Gasteiger partial charge in [-0.3, -0.25) is 0 Å². The zero-order valence-corrected chi connectivity index (χ0v) is 8.34. The van der Waals surface area contributed by atoms with Gasteiger partial charge in [0.1, 0.15) is 11.6 Å². The van der Waals surface area contributed by atoms with Gasteiger partial charge in [-0.1, -0.05) is 0 Å². The highest BCUT2D eigenvalue weighted by atomic mass is 19.1. The Labute approximate surface area is 87.5 Å². The van der Waals surface area contributed by atoms with Crippen LogP contribution in [0.15, 0.2) is 18.2 Å². The highest BCUT2D eigenvalue weighted by Gasteiger charge is 2.24. The van der Waals surface area contributed by atoms with Gasteiger partial charge in [0.15, 0.2) is 0 Å².